The summed E-state index contributed by atoms with van der Waals surface area (Å²) in [4.78, 5) is 0. The molecule has 0 bridgehead atoms. The van der Waals surface area contributed by atoms with Crippen molar-refractivity contribution in [2.45, 2.75) is 45.9 Å². The summed E-state index contributed by atoms with van der Waals surface area (Å²) in [7, 11) is 1.69. The van der Waals surface area contributed by atoms with Crippen LogP contribution >= 0.6 is 0 Å². The number of aryl methyl sites for hydroxylation is 1. The molecule has 3 rings (SSSR count). The van der Waals surface area contributed by atoms with E-state index >= 15 is 0 Å². The van der Waals surface area contributed by atoms with E-state index in [1.807, 2.05) is 18.2 Å². The Morgan fingerprint density at radius 1 is 0.897 bits per heavy atom. The smallest absolute Gasteiger partial charge is 0.161 e. The molecular weight excluding hydrogens is 358 g/mol. The maximum Gasteiger partial charge on any atom is 0.161 e. The first-order valence-electron chi connectivity index (χ1n) is 10.3. The van der Waals surface area contributed by atoms with Crippen LogP contribution in [0.3, 0.4) is 0 Å². The lowest BCUT2D eigenvalue weighted by atomic mass is 10.0. The van der Waals surface area contributed by atoms with Gasteiger partial charge in [-0.15, -0.1) is 0 Å². The molecule has 3 heteroatoms. The highest BCUT2D eigenvalue weighted by atomic mass is 16.5. The highest BCUT2D eigenvalue weighted by molar-refractivity contribution is 5.43. The Bertz CT molecular complexity index is 892. The van der Waals surface area contributed by atoms with Crippen molar-refractivity contribution in [3.8, 4) is 11.5 Å². The van der Waals surface area contributed by atoms with E-state index in [-0.39, 0.29) is 0 Å². The first-order valence-corrected chi connectivity index (χ1v) is 10.3. The fraction of sp³-hybridized carbons (Fsp3) is 0.308. The fourth-order valence-electron chi connectivity index (χ4n) is 3.47. The van der Waals surface area contributed by atoms with Gasteiger partial charge in [-0.25, -0.2) is 0 Å². The lowest BCUT2D eigenvalue weighted by molar-refractivity contribution is 0.283. The molecule has 3 aromatic rings. The largest absolute Gasteiger partial charge is 0.493 e. The number of methoxy groups -OCH3 is 1. The highest BCUT2D eigenvalue weighted by Gasteiger charge is 2.11. The lowest BCUT2D eigenvalue weighted by Gasteiger charge is -2.19. The zero-order valence-electron chi connectivity index (χ0n) is 17.7. The van der Waals surface area contributed by atoms with Gasteiger partial charge in [0.1, 0.15) is 6.61 Å². The molecule has 0 radical (unpaired) electrons. The minimum absolute atomic E-state index is 0.351. The molecule has 0 spiro atoms. The van der Waals surface area contributed by atoms with Crippen LogP contribution in [0.5, 0.6) is 11.5 Å². The molecule has 3 nitrogen and oxygen atoms in total. The Hall–Kier alpha value is -2.78. The zero-order chi connectivity index (χ0) is 20.5. The van der Waals surface area contributed by atoms with Gasteiger partial charge in [0.05, 0.1) is 7.11 Å². The summed E-state index contributed by atoms with van der Waals surface area (Å²) in [5.41, 5.74) is 4.93. The van der Waals surface area contributed by atoms with Crippen LogP contribution in [-0.4, -0.2) is 7.11 Å². The second kappa shape index (κ2) is 10.7. The van der Waals surface area contributed by atoms with Crippen LogP contribution in [0, 0.1) is 6.92 Å². The summed E-state index contributed by atoms with van der Waals surface area (Å²) in [5.74, 6) is 1.54. The average Bonchev–Trinajstić information content (AvgIpc) is 2.77. The van der Waals surface area contributed by atoms with Crippen molar-refractivity contribution in [3.63, 3.8) is 0 Å². The minimum Gasteiger partial charge on any atom is -0.493 e. The van der Waals surface area contributed by atoms with Crippen LogP contribution in [0.2, 0.25) is 0 Å². The summed E-state index contributed by atoms with van der Waals surface area (Å²) in [6.07, 6.45) is 2.25. The molecule has 3 aromatic carbocycles. The summed E-state index contributed by atoms with van der Waals surface area (Å²) in [5, 5.41) is 3.69. The van der Waals surface area contributed by atoms with E-state index in [0.717, 1.165) is 30.9 Å². The summed E-state index contributed by atoms with van der Waals surface area (Å²) in [6.45, 7) is 5.65. The molecule has 0 saturated carbocycles. The topological polar surface area (TPSA) is 30.5 Å². The first kappa shape index (κ1) is 20.9. The predicted octanol–water partition coefficient (Wildman–Crippen LogP) is 6.21. The van der Waals surface area contributed by atoms with Gasteiger partial charge in [0, 0.05) is 12.6 Å². The standard InChI is InChI=1S/C26H31NO2/c1-4-10-24(22-12-6-5-7-13-22)27-18-21-15-16-25(26(17-21)28-3)29-19-23-14-9-8-11-20(23)2/h5-9,11-17,24,27H,4,10,18-19H2,1-3H3. The van der Waals surface area contributed by atoms with E-state index in [9.17, 15) is 0 Å². The van der Waals surface area contributed by atoms with Gasteiger partial charge in [0.2, 0.25) is 0 Å². The quantitative estimate of drug-likeness (QED) is 0.447. The molecule has 0 aliphatic rings. The van der Waals surface area contributed by atoms with E-state index in [1.54, 1.807) is 7.11 Å². The molecule has 1 unspecified atom stereocenters. The van der Waals surface area contributed by atoms with Crippen molar-refractivity contribution in [1.82, 2.24) is 5.32 Å². The van der Waals surface area contributed by atoms with Crippen molar-refractivity contribution >= 4 is 0 Å². The lowest BCUT2D eigenvalue weighted by Crippen LogP contribution is -2.20. The van der Waals surface area contributed by atoms with Crippen LogP contribution in [-0.2, 0) is 13.2 Å². The SMILES string of the molecule is CCCC(NCc1ccc(OCc2ccccc2C)c(OC)c1)c1ccccc1. The molecule has 1 N–H and O–H groups in total. The number of hydrogen-bond acceptors (Lipinski definition) is 3. The highest BCUT2D eigenvalue weighted by Crippen LogP contribution is 2.29. The monoisotopic (exact) mass is 389 g/mol. The van der Waals surface area contributed by atoms with Gasteiger partial charge in [0.25, 0.3) is 0 Å². The second-order valence-electron chi connectivity index (χ2n) is 7.33. The van der Waals surface area contributed by atoms with Gasteiger partial charge >= 0.3 is 0 Å². The summed E-state index contributed by atoms with van der Waals surface area (Å²) >= 11 is 0. The Kier molecular flexibility index (Phi) is 7.71. The van der Waals surface area contributed by atoms with E-state index in [1.165, 1.54) is 22.3 Å². The van der Waals surface area contributed by atoms with E-state index in [0.29, 0.717) is 12.6 Å². The van der Waals surface area contributed by atoms with Gasteiger partial charge < -0.3 is 14.8 Å². The van der Waals surface area contributed by atoms with Crippen molar-refractivity contribution < 1.29 is 9.47 Å². The van der Waals surface area contributed by atoms with Crippen molar-refractivity contribution in [2.24, 2.45) is 0 Å². The Balaban J connectivity index is 1.65. The molecule has 0 aromatic heterocycles. The molecular formula is C26H31NO2. The minimum atomic E-state index is 0.351. The van der Waals surface area contributed by atoms with Gasteiger partial charge in [-0.3, -0.25) is 0 Å². The van der Waals surface area contributed by atoms with Crippen molar-refractivity contribution in [1.29, 1.82) is 0 Å². The third-order valence-corrected chi connectivity index (χ3v) is 5.20. The molecule has 0 amide bonds. The fourth-order valence-corrected chi connectivity index (χ4v) is 3.47. The molecule has 0 heterocycles. The van der Waals surface area contributed by atoms with E-state index in [2.05, 4.69) is 73.8 Å². The normalized spacial score (nSPS) is 11.8. The second-order valence-corrected chi connectivity index (χ2v) is 7.33. The molecule has 29 heavy (non-hydrogen) atoms. The molecule has 0 aliphatic heterocycles. The Morgan fingerprint density at radius 3 is 2.38 bits per heavy atom. The molecule has 0 saturated heterocycles. The zero-order valence-corrected chi connectivity index (χ0v) is 17.7. The molecule has 0 fully saturated rings. The number of ether oxygens (including phenoxy) is 2. The van der Waals surface area contributed by atoms with Gasteiger partial charge in [0.15, 0.2) is 11.5 Å². The average molecular weight is 390 g/mol. The van der Waals surface area contributed by atoms with Crippen molar-refractivity contribution in [2.75, 3.05) is 7.11 Å². The van der Waals surface area contributed by atoms with Gasteiger partial charge in [-0.1, -0.05) is 74.0 Å². The molecule has 0 aliphatic carbocycles. The van der Waals surface area contributed by atoms with Crippen LogP contribution < -0.4 is 14.8 Å². The third kappa shape index (κ3) is 5.85. The number of benzene rings is 3. The summed E-state index contributed by atoms with van der Waals surface area (Å²) in [6, 6.07) is 25.5. The maximum absolute atomic E-state index is 6.04. The number of nitrogens with one attached hydrogen (secondary N) is 1. The van der Waals surface area contributed by atoms with Crippen LogP contribution in [0.15, 0.2) is 72.8 Å². The molecule has 1 atom stereocenters. The van der Waals surface area contributed by atoms with E-state index in [4.69, 9.17) is 9.47 Å². The Morgan fingerprint density at radius 2 is 1.66 bits per heavy atom. The van der Waals surface area contributed by atoms with Gasteiger partial charge in [-0.2, -0.15) is 0 Å². The first-order chi connectivity index (χ1) is 14.2. The van der Waals surface area contributed by atoms with Crippen molar-refractivity contribution in [3.05, 3.63) is 95.1 Å². The Labute approximate surface area is 174 Å². The van der Waals surface area contributed by atoms with Crippen LogP contribution in [0.1, 0.15) is 48.1 Å². The third-order valence-electron chi connectivity index (χ3n) is 5.20. The molecule has 152 valence electrons. The summed E-state index contributed by atoms with van der Waals surface area (Å²) < 4.78 is 11.6. The van der Waals surface area contributed by atoms with Crippen LogP contribution in [0.4, 0.5) is 0 Å². The predicted molar refractivity (Wildman–Crippen MR) is 119 cm³/mol. The number of hydrogen-bond donors (Lipinski definition) is 1. The van der Waals surface area contributed by atoms with E-state index < -0.39 is 0 Å². The number of rotatable bonds is 10. The maximum atomic E-state index is 6.04. The van der Waals surface area contributed by atoms with Crippen LogP contribution in [0.25, 0.3) is 0 Å². The van der Waals surface area contributed by atoms with Gasteiger partial charge in [-0.05, 0) is 47.7 Å².